The van der Waals surface area contributed by atoms with Gasteiger partial charge in [0, 0.05) is 11.7 Å². The maximum Gasteiger partial charge on any atom is 0.224 e. The third kappa shape index (κ3) is 3.77. The van der Waals surface area contributed by atoms with Crippen LogP contribution < -0.4 is 15.4 Å². The van der Waals surface area contributed by atoms with Crippen molar-refractivity contribution in [2.45, 2.75) is 31.4 Å². The normalized spacial score (nSPS) is 19.8. The molecule has 1 aliphatic rings. The number of nitrogens with zero attached hydrogens (tertiary/aromatic N) is 3. The van der Waals surface area contributed by atoms with Crippen LogP contribution in [-0.2, 0) is 0 Å². The van der Waals surface area contributed by atoms with Crippen molar-refractivity contribution in [3.05, 3.63) is 30.5 Å². The van der Waals surface area contributed by atoms with E-state index in [9.17, 15) is 5.11 Å². The van der Waals surface area contributed by atoms with Crippen LogP contribution in [0.3, 0.4) is 0 Å². The molecule has 126 valence electrons. The summed E-state index contributed by atoms with van der Waals surface area (Å²) in [6, 6.07) is 7.54. The molecule has 0 bridgehead atoms. The molecule has 1 aromatic carbocycles. The van der Waals surface area contributed by atoms with Gasteiger partial charge in [-0.2, -0.15) is 10.1 Å². The fourth-order valence-corrected chi connectivity index (χ4v) is 2.70. The van der Waals surface area contributed by atoms with E-state index < -0.39 is 0 Å². The topological polar surface area (TPSA) is 116 Å². The minimum atomic E-state index is -0.262. The lowest BCUT2D eigenvalue weighted by Gasteiger charge is -2.14. The monoisotopic (exact) mass is 328 g/mol. The number of ether oxygens (including phenoxy) is 1. The summed E-state index contributed by atoms with van der Waals surface area (Å²) in [4.78, 5) is 8.60. The Morgan fingerprint density at radius 1 is 1.29 bits per heavy atom. The van der Waals surface area contributed by atoms with Gasteiger partial charge in [-0.05, 0) is 43.5 Å². The van der Waals surface area contributed by atoms with Gasteiger partial charge >= 0.3 is 0 Å². The third-order valence-corrected chi connectivity index (χ3v) is 3.98. The predicted octanol–water partition coefficient (Wildman–Crippen LogP) is 3.22. The van der Waals surface area contributed by atoms with Gasteiger partial charge in [0.1, 0.15) is 11.4 Å². The van der Waals surface area contributed by atoms with Crippen LogP contribution in [0, 0.1) is 5.53 Å². The second-order valence-electron chi connectivity index (χ2n) is 5.70. The molecule has 2 aromatic rings. The van der Waals surface area contributed by atoms with Crippen molar-refractivity contribution in [1.82, 2.24) is 9.97 Å². The average Bonchev–Trinajstić information content (AvgIpc) is 3.01. The fraction of sp³-hybridized carbons (Fsp3) is 0.375. The van der Waals surface area contributed by atoms with Crippen LogP contribution in [0.1, 0.15) is 19.3 Å². The summed E-state index contributed by atoms with van der Waals surface area (Å²) in [6.45, 7) is 0. The van der Waals surface area contributed by atoms with Crippen LogP contribution in [-0.4, -0.2) is 34.3 Å². The molecule has 0 spiro atoms. The summed E-state index contributed by atoms with van der Waals surface area (Å²) in [6.07, 6.45) is 3.60. The maximum absolute atomic E-state index is 9.61. The van der Waals surface area contributed by atoms with E-state index in [4.69, 9.17) is 10.3 Å². The first kappa shape index (κ1) is 16.1. The van der Waals surface area contributed by atoms with Crippen LogP contribution in [0.5, 0.6) is 5.75 Å². The van der Waals surface area contributed by atoms with Crippen LogP contribution >= 0.6 is 0 Å². The van der Waals surface area contributed by atoms with Gasteiger partial charge in [0.2, 0.25) is 5.95 Å². The van der Waals surface area contributed by atoms with Crippen molar-refractivity contribution in [3.63, 3.8) is 0 Å². The van der Waals surface area contributed by atoms with Crippen molar-refractivity contribution in [2.75, 3.05) is 17.7 Å². The molecular formula is C16H20N6O2. The summed E-state index contributed by atoms with van der Waals surface area (Å²) in [7, 11) is 1.61. The molecule has 1 saturated carbocycles. The molecule has 8 heteroatoms. The van der Waals surface area contributed by atoms with Crippen molar-refractivity contribution >= 4 is 23.1 Å². The Bertz CT molecular complexity index is 706. The lowest BCUT2D eigenvalue weighted by molar-refractivity contribution is 0.182. The molecule has 3 rings (SSSR count). The van der Waals surface area contributed by atoms with Crippen LogP contribution in [0.2, 0.25) is 0 Å². The summed E-state index contributed by atoms with van der Waals surface area (Å²) in [5.74, 6) is 1.67. The zero-order valence-electron chi connectivity index (χ0n) is 13.4. The van der Waals surface area contributed by atoms with E-state index in [1.807, 2.05) is 24.3 Å². The van der Waals surface area contributed by atoms with Crippen molar-refractivity contribution in [2.24, 2.45) is 5.11 Å². The van der Waals surface area contributed by atoms with Crippen LogP contribution in [0.25, 0.3) is 0 Å². The first-order chi connectivity index (χ1) is 11.7. The standard InChI is InChI=1S/C16H20N6O2/c1-24-13-6-3-10(4-7-13)19-15-14(22-17)9-18-16(21-15)20-11-2-5-12(23)8-11/h3-4,6-7,9,11-12,17,23H,2,5,8H2,1H3,(H2,18,19,20,21)/t11-,12+/m1/s1. The van der Waals surface area contributed by atoms with E-state index >= 15 is 0 Å². The van der Waals surface area contributed by atoms with E-state index in [0.717, 1.165) is 24.3 Å². The maximum atomic E-state index is 9.61. The highest BCUT2D eigenvalue weighted by atomic mass is 16.5. The van der Waals surface area contributed by atoms with Gasteiger partial charge in [0.25, 0.3) is 0 Å². The van der Waals surface area contributed by atoms with Crippen molar-refractivity contribution in [1.29, 1.82) is 5.53 Å². The van der Waals surface area contributed by atoms with Gasteiger partial charge < -0.3 is 20.5 Å². The quantitative estimate of drug-likeness (QED) is 0.605. The molecule has 0 saturated heterocycles. The first-order valence-corrected chi connectivity index (χ1v) is 7.78. The number of anilines is 3. The molecule has 8 nitrogen and oxygen atoms in total. The summed E-state index contributed by atoms with van der Waals surface area (Å²) in [5.41, 5.74) is 8.42. The van der Waals surface area contributed by atoms with E-state index in [-0.39, 0.29) is 12.1 Å². The molecule has 1 aliphatic carbocycles. The van der Waals surface area contributed by atoms with Gasteiger partial charge in [-0.3, -0.25) is 0 Å². The molecule has 0 unspecified atom stereocenters. The smallest absolute Gasteiger partial charge is 0.224 e. The predicted molar refractivity (Wildman–Crippen MR) is 90.4 cm³/mol. The Balaban J connectivity index is 1.77. The summed E-state index contributed by atoms with van der Waals surface area (Å²) < 4.78 is 5.13. The molecule has 0 aliphatic heterocycles. The highest BCUT2D eigenvalue weighted by Gasteiger charge is 2.23. The van der Waals surface area contributed by atoms with Crippen LogP contribution in [0.4, 0.5) is 23.1 Å². The number of hydrogen-bond donors (Lipinski definition) is 4. The molecule has 0 amide bonds. The number of aliphatic hydroxyl groups is 1. The zero-order chi connectivity index (χ0) is 16.9. The number of methoxy groups -OCH3 is 1. The minimum absolute atomic E-state index is 0.160. The SMILES string of the molecule is COc1ccc(Nc2nc(N[C@@H]3CC[C@H](O)C3)ncc2N=N)cc1. The Hall–Kier alpha value is -2.74. The second kappa shape index (κ2) is 7.22. The van der Waals surface area contributed by atoms with E-state index in [1.54, 1.807) is 7.11 Å². The lowest BCUT2D eigenvalue weighted by atomic mass is 10.2. The third-order valence-electron chi connectivity index (χ3n) is 3.98. The number of benzene rings is 1. The van der Waals surface area contributed by atoms with Crippen molar-refractivity contribution in [3.8, 4) is 5.75 Å². The highest BCUT2D eigenvalue weighted by molar-refractivity contribution is 5.68. The molecular weight excluding hydrogens is 308 g/mol. The largest absolute Gasteiger partial charge is 0.497 e. The van der Waals surface area contributed by atoms with Gasteiger partial charge in [-0.1, -0.05) is 0 Å². The molecule has 4 N–H and O–H groups in total. The summed E-state index contributed by atoms with van der Waals surface area (Å²) >= 11 is 0. The number of nitrogens with one attached hydrogen (secondary N) is 3. The van der Waals surface area contributed by atoms with E-state index in [2.05, 4.69) is 25.7 Å². The Morgan fingerprint density at radius 3 is 2.71 bits per heavy atom. The number of aliphatic hydroxyl groups excluding tert-OH is 1. The molecule has 1 aromatic heterocycles. The average molecular weight is 328 g/mol. The van der Waals surface area contributed by atoms with Crippen molar-refractivity contribution < 1.29 is 9.84 Å². The molecule has 0 radical (unpaired) electrons. The van der Waals surface area contributed by atoms with E-state index in [1.165, 1.54) is 6.20 Å². The molecule has 24 heavy (non-hydrogen) atoms. The number of aromatic nitrogens is 2. The first-order valence-electron chi connectivity index (χ1n) is 7.78. The Morgan fingerprint density at radius 2 is 2.08 bits per heavy atom. The number of rotatable bonds is 6. The lowest BCUT2D eigenvalue weighted by Crippen LogP contribution is -2.18. The zero-order valence-corrected chi connectivity index (χ0v) is 13.4. The summed E-state index contributed by atoms with van der Waals surface area (Å²) in [5, 5.41) is 19.4. The van der Waals surface area contributed by atoms with Gasteiger partial charge in [0.15, 0.2) is 5.82 Å². The van der Waals surface area contributed by atoms with Crippen LogP contribution in [0.15, 0.2) is 35.6 Å². The Labute approximate surface area is 139 Å². The van der Waals surface area contributed by atoms with Gasteiger partial charge in [0.05, 0.1) is 19.4 Å². The minimum Gasteiger partial charge on any atom is -0.497 e. The molecule has 1 fully saturated rings. The number of hydrogen-bond acceptors (Lipinski definition) is 8. The Kier molecular flexibility index (Phi) is 4.85. The fourth-order valence-electron chi connectivity index (χ4n) is 2.70. The molecule has 1 heterocycles. The molecule has 2 atom stereocenters. The van der Waals surface area contributed by atoms with E-state index in [0.29, 0.717) is 23.9 Å². The highest BCUT2D eigenvalue weighted by Crippen LogP contribution is 2.28. The van der Waals surface area contributed by atoms with Gasteiger partial charge in [-0.25, -0.2) is 10.5 Å². The second-order valence-corrected chi connectivity index (χ2v) is 5.70. The van der Waals surface area contributed by atoms with Gasteiger partial charge in [-0.15, -0.1) is 0 Å².